The number of thiophene rings is 1. The maximum Gasteiger partial charge on any atom is 0.252 e. The van der Waals surface area contributed by atoms with Crippen LogP contribution >= 0.6 is 22.9 Å². The molecule has 0 N–H and O–H groups in total. The molecule has 1 saturated heterocycles. The summed E-state index contributed by atoms with van der Waals surface area (Å²) >= 11 is 6.90. The molecule has 4 nitrogen and oxygen atoms in total. The summed E-state index contributed by atoms with van der Waals surface area (Å²) in [5.41, 5.74) is 0.845. The molecule has 2 heterocycles. The van der Waals surface area contributed by atoms with Crippen molar-refractivity contribution in [1.82, 2.24) is 4.31 Å². The zero-order valence-electron chi connectivity index (χ0n) is 9.43. The predicted octanol–water partition coefficient (Wildman–Crippen LogP) is 1.90. The molecule has 1 aliphatic heterocycles. The van der Waals surface area contributed by atoms with Crippen LogP contribution in [0.2, 0.25) is 0 Å². The summed E-state index contributed by atoms with van der Waals surface area (Å²) < 4.78 is 31.5. The second kappa shape index (κ2) is 5.24. The highest BCUT2D eigenvalue weighted by Gasteiger charge is 2.33. The Hall–Kier alpha value is -0.140. The van der Waals surface area contributed by atoms with Gasteiger partial charge < -0.3 is 4.74 Å². The molecule has 0 amide bonds. The molecular formula is C10H14ClNO3S2. The Morgan fingerprint density at radius 2 is 2.41 bits per heavy atom. The van der Waals surface area contributed by atoms with Crippen molar-refractivity contribution in [2.75, 3.05) is 20.2 Å². The molecule has 17 heavy (non-hydrogen) atoms. The van der Waals surface area contributed by atoms with E-state index in [-0.39, 0.29) is 6.10 Å². The Morgan fingerprint density at radius 3 is 2.94 bits per heavy atom. The van der Waals surface area contributed by atoms with E-state index >= 15 is 0 Å². The summed E-state index contributed by atoms with van der Waals surface area (Å²) in [4.78, 5) is 0. The lowest BCUT2D eigenvalue weighted by Gasteiger charge is -2.14. The quantitative estimate of drug-likeness (QED) is 0.797. The van der Waals surface area contributed by atoms with E-state index in [4.69, 9.17) is 16.3 Å². The SMILES string of the molecule is COC1CCN(S(=O)(=O)c2cc(CCl)cs2)C1. The highest BCUT2D eigenvalue weighted by atomic mass is 35.5. The second-order valence-corrected chi connectivity index (χ2v) is 7.26. The number of hydrogen-bond donors (Lipinski definition) is 0. The molecule has 1 aliphatic rings. The van der Waals surface area contributed by atoms with E-state index in [9.17, 15) is 8.42 Å². The van der Waals surface area contributed by atoms with Gasteiger partial charge in [0.1, 0.15) is 4.21 Å². The number of alkyl halides is 1. The Labute approximate surface area is 110 Å². The van der Waals surface area contributed by atoms with Gasteiger partial charge >= 0.3 is 0 Å². The number of methoxy groups -OCH3 is 1. The maximum atomic E-state index is 12.3. The molecule has 0 aliphatic carbocycles. The van der Waals surface area contributed by atoms with Crippen LogP contribution in [0.25, 0.3) is 0 Å². The van der Waals surface area contributed by atoms with Gasteiger partial charge in [0.05, 0.1) is 6.10 Å². The number of ether oxygens (including phenoxy) is 1. The van der Waals surface area contributed by atoms with Gasteiger partial charge in [-0.15, -0.1) is 22.9 Å². The third kappa shape index (κ3) is 2.66. The zero-order chi connectivity index (χ0) is 12.5. The molecule has 0 spiro atoms. The molecule has 0 aromatic carbocycles. The molecule has 0 radical (unpaired) electrons. The number of nitrogens with zero attached hydrogens (tertiary/aromatic N) is 1. The van der Waals surface area contributed by atoms with Crippen molar-refractivity contribution >= 4 is 33.0 Å². The monoisotopic (exact) mass is 295 g/mol. The minimum atomic E-state index is -3.36. The zero-order valence-corrected chi connectivity index (χ0v) is 11.8. The van der Waals surface area contributed by atoms with E-state index in [0.29, 0.717) is 23.2 Å². The van der Waals surface area contributed by atoms with Crippen molar-refractivity contribution in [3.63, 3.8) is 0 Å². The van der Waals surface area contributed by atoms with Crippen LogP contribution in [0.5, 0.6) is 0 Å². The highest BCUT2D eigenvalue weighted by Crippen LogP contribution is 2.27. The molecule has 96 valence electrons. The fourth-order valence-corrected chi connectivity index (χ4v) is 4.89. The Morgan fingerprint density at radius 1 is 1.65 bits per heavy atom. The first-order valence-corrected chi connectivity index (χ1v) is 8.09. The van der Waals surface area contributed by atoms with E-state index in [1.54, 1.807) is 18.6 Å². The van der Waals surface area contributed by atoms with E-state index in [1.807, 2.05) is 0 Å². The first kappa shape index (κ1) is 13.3. The molecule has 1 atom stereocenters. The summed E-state index contributed by atoms with van der Waals surface area (Å²) in [5, 5.41) is 1.78. The van der Waals surface area contributed by atoms with Gasteiger partial charge in [0.2, 0.25) is 0 Å². The van der Waals surface area contributed by atoms with Crippen LogP contribution in [0.4, 0.5) is 0 Å². The molecule has 0 bridgehead atoms. The summed E-state index contributed by atoms with van der Waals surface area (Å²) in [6, 6.07) is 1.65. The Balaban J connectivity index is 2.19. The second-order valence-electron chi connectivity index (χ2n) is 3.92. The molecule has 1 unspecified atom stereocenters. The molecule has 1 aromatic heterocycles. The molecule has 2 rings (SSSR count). The van der Waals surface area contributed by atoms with Gasteiger partial charge in [-0.05, 0) is 23.4 Å². The first-order valence-electron chi connectivity index (χ1n) is 5.24. The minimum absolute atomic E-state index is 0.0113. The molecule has 7 heteroatoms. The third-order valence-electron chi connectivity index (χ3n) is 2.82. The lowest BCUT2D eigenvalue weighted by atomic mass is 10.3. The van der Waals surface area contributed by atoms with Crippen LogP contribution in [0.15, 0.2) is 15.7 Å². The summed E-state index contributed by atoms with van der Waals surface area (Å²) in [6.07, 6.45) is 0.765. The van der Waals surface area contributed by atoms with E-state index < -0.39 is 10.0 Å². The van der Waals surface area contributed by atoms with Gasteiger partial charge in [-0.1, -0.05) is 0 Å². The van der Waals surface area contributed by atoms with Gasteiger partial charge in [-0.2, -0.15) is 4.31 Å². The van der Waals surface area contributed by atoms with Gasteiger partial charge in [-0.25, -0.2) is 8.42 Å². The predicted molar refractivity (Wildman–Crippen MR) is 68.0 cm³/mol. The van der Waals surface area contributed by atoms with Crippen molar-refractivity contribution in [2.45, 2.75) is 22.6 Å². The Bertz CT molecular complexity index is 485. The minimum Gasteiger partial charge on any atom is -0.380 e. The Kier molecular flexibility index (Phi) is 4.10. The number of halogens is 1. The average Bonchev–Trinajstić information content (AvgIpc) is 2.98. The topological polar surface area (TPSA) is 46.6 Å². The number of rotatable bonds is 4. The molecule has 1 fully saturated rings. The van der Waals surface area contributed by atoms with Gasteiger partial charge in [0.15, 0.2) is 0 Å². The van der Waals surface area contributed by atoms with Gasteiger partial charge in [0.25, 0.3) is 10.0 Å². The molecular weight excluding hydrogens is 282 g/mol. The van der Waals surface area contributed by atoms with Crippen LogP contribution in [0.1, 0.15) is 12.0 Å². The van der Waals surface area contributed by atoms with Crippen molar-refractivity contribution in [2.24, 2.45) is 0 Å². The van der Waals surface area contributed by atoms with Crippen LogP contribution < -0.4 is 0 Å². The van der Waals surface area contributed by atoms with E-state index in [2.05, 4.69) is 0 Å². The maximum absolute atomic E-state index is 12.3. The van der Waals surface area contributed by atoms with Gasteiger partial charge in [0, 0.05) is 26.1 Å². The van der Waals surface area contributed by atoms with Crippen molar-refractivity contribution < 1.29 is 13.2 Å². The van der Waals surface area contributed by atoms with Gasteiger partial charge in [-0.3, -0.25) is 0 Å². The third-order valence-corrected chi connectivity index (χ3v) is 6.46. The molecule has 1 aromatic rings. The molecule has 0 saturated carbocycles. The fraction of sp³-hybridized carbons (Fsp3) is 0.600. The van der Waals surface area contributed by atoms with Crippen molar-refractivity contribution in [1.29, 1.82) is 0 Å². The van der Waals surface area contributed by atoms with Crippen LogP contribution in [0.3, 0.4) is 0 Å². The normalized spacial score (nSPS) is 22.1. The van der Waals surface area contributed by atoms with Crippen molar-refractivity contribution in [3.05, 3.63) is 17.0 Å². The van der Waals surface area contributed by atoms with E-state index in [0.717, 1.165) is 12.0 Å². The summed E-state index contributed by atoms with van der Waals surface area (Å²) in [6.45, 7) is 0.960. The standard InChI is InChI=1S/C10H14ClNO3S2/c1-15-9-2-3-12(6-9)17(13,14)10-4-8(5-11)7-16-10/h4,7,9H,2-3,5-6H2,1H3. The lowest BCUT2D eigenvalue weighted by molar-refractivity contribution is 0.115. The smallest absolute Gasteiger partial charge is 0.252 e. The van der Waals surface area contributed by atoms with E-state index in [1.165, 1.54) is 15.6 Å². The number of hydrogen-bond acceptors (Lipinski definition) is 4. The summed E-state index contributed by atoms with van der Waals surface area (Å²) in [5.74, 6) is 0.340. The summed E-state index contributed by atoms with van der Waals surface area (Å²) in [7, 11) is -1.75. The fourth-order valence-electron chi connectivity index (χ4n) is 1.79. The first-order chi connectivity index (χ1) is 8.07. The van der Waals surface area contributed by atoms with Crippen LogP contribution in [-0.2, 0) is 20.6 Å². The van der Waals surface area contributed by atoms with Crippen LogP contribution in [-0.4, -0.2) is 39.0 Å². The number of sulfonamides is 1. The highest BCUT2D eigenvalue weighted by molar-refractivity contribution is 7.91. The van der Waals surface area contributed by atoms with Crippen LogP contribution in [0, 0.1) is 0 Å². The van der Waals surface area contributed by atoms with Crippen molar-refractivity contribution in [3.8, 4) is 0 Å². The lowest BCUT2D eigenvalue weighted by Crippen LogP contribution is -2.29. The average molecular weight is 296 g/mol. The largest absolute Gasteiger partial charge is 0.380 e.